The molecule has 0 saturated carbocycles. The van der Waals surface area contributed by atoms with E-state index in [0.717, 1.165) is 18.3 Å². The van der Waals surface area contributed by atoms with E-state index in [1.807, 2.05) is 6.92 Å². The second-order valence-electron chi connectivity index (χ2n) is 5.00. The van der Waals surface area contributed by atoms with Crippen molar-refractivity contribution >= 4 is 23.2 Å². The van der Waals surface area contributed by atoms with Crippen LogP contribution in [0.25, 0.3) is 0 Å². The van der Waals surface area contributed by atoms with Crippen LogP contribution in [0, 0.1) is 17.0 Å². The van der Waals surface area contributed by atoms with Crippen molar-refractivity contribution in [1.82, 2.24) is 24.9 Å². The highest BCUT2D eigenvalue weighted by Crippen LogP contribution is 2.12. The van der Waals surface area contributed by atoms with Gasteiger partial charge in [-0.2, -0.15) is 10.2 Å². The largest absolute Gasteiger partial charge is 0.356 e. The first-order valence-corrected chi connectivity index (χ1v) is 7.46. The molecule has 0 unspecified atom stereocenters. The molecule has 0 aliphatic carbocycles. The lowest BCUT2D eigenvalue weighted by atomic mass is 10.3. The molecule has 0 bridgehead atoms. The Hall–Kier alpha value is -2.42. The van der Waals surface area contributed by atoms with Gasteiger partial charge in [0.25, 0.3) is 0 Å². The van der Waals surface area contributed by atoms with Crippen molar-refractivity contribution in [2.75, 3.05) is 6.54 Å². The van der Waals surface area contributed by atoms with Crippen molar-refractivity contribution in [2.24, 2.45) is 0 Å². The van der Waals surface area contributed by atoms with Gasteiger partial charge in [0.1, 0.15) is 12.4 Å². The highest BCUT2D eigenvalue weighted by molar-refractivity contribution is 6.31. The molecule has 2 aromatic heterocycles. The van der Waals surface area contributed by atoms with Crippen LogP contribution in [0.5, 0.6) is 0 Å². The molecule has 23 heavy (non-hydrogen) atoms. The van der Waals surface area contributed by atoms with E-state index in [2.05, 4.69) is 15.5 Å². The van der Waals surface area contributed by atoms with Gasteiger partial charge in [0, 0.05) is 32.3 Å². The van der Waals surface area contributed by atoms with Crippen LogP contribution in [0.15, 0.2) is 18.6 Å². The first-order valence-electron chi connectivity index (χ1n) is 7.09. The minimum absolute atomic E-state index is 0.0846. The average molecular weight is 341 g/mol. The lowest BCUT2D eigenvalue weighted by molar-refractivity contribution is -0.385. The van der Waals surface area contributed by atoms with Crippen molar-refractivity contribution in [1.29, 1.82) is 0 Å². The summed E-state index contributed by atoms with van der Waals surface area (Å²) in [6.07, 6.45) is 5.16. The number of nitrogens with one attached hydrogen (secondary N) is 1. The third-order valence-electron chi connectivity index (χ3n) is 3.17. The quantitative estimate of drug-likeness (QED) is 0.445. The van der Waals surface area contributed by atoms with E-state index >= 15 is 0 Å². The van der Waals surface area contributed by atoms with Crippen molar-refractivity contribution in [2.45, 2.75) is 32.9 Å². The number of amides is 1. The number of aromatic nitrogens is 4. The lowest BCUT2D eigenvalue weighted by Crippen LogP contribution is -2.26. The number of hydrogen-bond acceptors (Lipinski definition) is 5. The molecule has 0 aliphatic heterocycles. The molecule has 124 valence electrons. The summed E-state index contributed by atoms with van der Waals surface area (Å²) < 4.78 is 3.12. The number of carbonyl (C=O) groups excluding carboxylic acids is 1. The lowest BCUT2D eigenvalue weighted by Gasteiger charge is -2.05. The van der Waals surface area contributed by atoms with E-state index in [4.69, 9.17) is 11.6 Å². The fourth-order valence-corrected chi connectivity index (χ4v) is 2.10. The Kier molecular flexibility index (Phi) is 5.69. The van der Waals surface area contributed by atoms with E-state index in [-0.39, 0.29) is 18.0 Å². The molecule has 0 radical (unpaired) electrons. The molecule has 9 nitrogen and oxygen atoms in total. The summed E-state index contributed by atoms with van der Waals surface area (Å²) in [5, 5.41) is 22.0. The van der Waals surface area contributed by atoms with Gasteiger partial charge >= 0.3 is 5.69 Å². The molecule has 2 heterocycles. The SMILES string of the molecule is Cc1nn(CCCNC(=O)CCn2cc([N+](=O)[O-])cn2)cc1Cl. The van der Waals surface area contributed by atoms with Gasteiger partial charge in [-0.15, -0.1) is 0 Å². The maximum absolute atomic E-state index is 11.7. The molecule has 0 saturated heterocycles. The summed E-state index contributed by atoms with van der Waals surface area (Å²) >= 11 is 5.91. The number of hydrogen-bond donors (Lipinski definition) is 1. The second-order valence-corrected chi connectivity index (χ2v) is 5.40. The van der Waals surface area contributed by atoms with Gasteiger partial charge in [-0.3, -0.25) is 24.3 Å². The van der Waals surface area contributed by atoms with Crippen molar-refractivity contribution in [3.05, 3.63) is 39.4 Å². The Balaban J connectivity index is 1.64. The van der Waals surface area contributed by atoms with E-state index in [1.54, 1.807) is 10.9 Å². The molecule has 0 aromatic carbocycles. The standard InChI is InChI=1S/C13H17ClN6O3/c1-10-12(14)9-19(17-10)5-2-4-15-13(21)3-6-18-8-11(7-16-18)20(22)23/h7-9H,2-6H2,1H3,(H,15,21). The van der Waals surface area contributed by atoms with E-state index in [1.165, 1.54) is 10.9 Å². The molecule has 2 aromatic rings. The van der Waals surface area contributed by atoms with Gasteiger partial charge in [-0.05, 0) is 13.3 Å². The Bertz CT molecular complexity index is 676. The van der Waals surface area contributed by atoms with Crippen LogP contribution in [0.4, 0.5) is 5.69 Å². The molecular weight excluding hydrogens is 324 g/mol. The molecular formula is C13H17ClN6O3. The highest BCUT2D eigenvalue weighted by atomic mass is 35.5. The number of aryl methyl sites for hydroxylation is 3. The van der Waals surface area contributed by atoms with Gasteiger partial charge in [-0.25, -0.2) is 0 Å². The molecule has 1 N–H and O–H groups in total. The Morgan fingerprint density at radius 3 is 2.78 bits per heavy atom. The Labute approximate surface area is 137 Å². The van der Waals surface area contributed by atoms with Crippen molar-refractivity contribution in [3.8, 4) is 0 Å². The number of halogens is 1. The van der Waals surface area contributed by atoms with Crippen LogP contribution in [-0.2, 0) is 17.9 Å². The zero-order valence-corrected chi connectivity index (χ0v) is 13.4. The number of nitrogens with zero attached hydrogens (tertiary/aromatic N) is 5. The fourth-order valence-electron chi connectivity index (χ4n) is 1.95. The molecule has 10 heteroatoms. The van der Waals surface area contributed by atoms with Gasteiger partial charge in [0.2, 0.25) is 5.91 Å². The summed E-state index contributed by atoms with van der Waals surface area (Å²) in [5.74, 6) is -0.127. The summed E-state index contributed by atoms with van der Waals surface area (Å²) in [6, 6.07) is 0. The zero-order valence-electron chi connectivity index (χ0n) is 12.6. The van der Waals surface area contributed by atoms with Crippen LogP contribution in [0.2, 0.25) is 5.02 Å². The van der Waals surface area contributed by atoms with Crippen LogP contribution < -0.4 is 5.32 Å². The van der Waals surface area contributed by atoms with E-state index in [0.29, 0.717) is 24.7 Å². The number of nitro groups is 1. The first kappa shape index (κ1) is 16.9. The molecule has 2 rings (SSSR count). The summed E-state index contributed by atoms with van der Waals surface area (Å²) in [7, 11) is 0. The Morgan fingerprint density at radius 1 is 1.39 bits per heavy atom. The van der Waals surface area contributed by atoms with Crippen LogP contribution in [0.3, 0.4) is 0 Å². The maximum Gasteiger partial charge on any atom is 0.306 e. The van der Waals surface area contributed by atoms with Crippen LogP contribution in [-0.4, -0.2) is 36.9 Å². The predicted octanol–water partition coefficient (Wildman–Crippen LogP) is 1.55. The minimum Gasteiger partial charge on any atom is -0.356 e. The van der Waals surface area contributed by atoms with Crippen LogP contribution in [0.1, 0.15) is 18.5 Å². The smallest absolute Gasteiger partial charge is 0.306 e. The van der Waals surface area contributed by atoms with Crippen LogP contribution >= 0.6 is 11.6 Å². The minimum atomic E-state index is -0.521. The summed E-state index contributed by atoms with van der Waals surface area (Å²) in [4.78, 5) is 21.7. The van der Waals surface area contributed by atoms with Crippen molar-refractivity contribution in [3.63, 3.8) is 0 Å². The topological polar surface area (TPSA) is 108 Å². The predicted molar refractivity (Wildman–Crippen MR) is 83.1 cm³/mol. The normalized spacial score (nSPS) is 10.7. The monoisotopic (exact) mass is 340 g/mol. The van der Waals surface area contributed by atoms with Crippen molar-refractivity contribution < 1.29 is 9.72 Å². The van der Waals surface area contributed by atoms with Gasteiger partial charge in [0.05, 0.1) is 15.6 Å². The first-order chi connectivity index (χ1) is 11.0. The third kappa shape index (κ3) is 5.06. The maximum atomic E-state index is 11.7. The van der Waals surface area contributed by atoms with Gasteiger partial charge in [-0.1, -0.05) is 11.6 Å². The van der Waals surface area contributed by atoms with E-state index in [9.17, 15) is 14.9 Å². The molecule has 0 fully saturated rings. The third-order valence-corrected chi connectivity index (χ3v) is 3.54. The summed E-state index contributed by atoms with van der Waals surface area (Å²) in [6.45, 7) is 3.32. The fraction of sp³-hybridized carbons (Fsp3) is 0.462. The second kappa shape index (κ2) is 7.73. The summed E-state index contributed by atoms with van der Waals surface area (Å²) in [5.41, 5.74) is 0.697. The zero-order chi connectivity index (χ0) is 16.8. The number of rotatable bonds is 8. The molecule has 0 aliphatic rings. The number of carbonyl (C=O) groups is 1. The highest BCUT2D eigenvalue weighted by Gasteiger charge is 2.09. The van der Waals surface area contributed by atoms with E-state index < -0.39 is 4.92 Å². The van der Waals surface area contributed by atoms with Gasteiger partial charge < -0.3 is 5.32 Å². The average Bonchev–Trinajstić information content (AvgIpc) is 3.09. The Morgan fingerprint density at radius 2 is 2.17 bits per heavy atom. The molecule has 0 atom stereocenters. The molecule has 0 spiro atoms. The van der Waals surface area contributed by atoms with Gasteiger partial charge in [0.15, 0.2) is 0 Å². The molecule has 1 amide bonds.